The Hall–Kier alpha value is -2.18. The van der Waals surface area contributed by atoms with Gasteiger partial charge in [-0.2, -0.15) is 0 Å². The Balaban J connectivity index is 1.82. The Bertz CT molecular complexity index is 1110. The summed E-state index contributed by atoms with van der Waals surface area (Å²) in [6.45, 7) is 8.37. The first kappa shape index (κ1) is 19.2. The zero-order chi connectivity index (χ0) is 20.1. The third-order valence-corrected chi connectivity index (χ3v) is 6.67. The summed E-state index contributed by atoms with van der Waals surface area (Å²) in [5.74, 6) is 0. The Morgan fingerprint density at radius 1 is 1.07 bits per heavy atom. The molecule has 148 valence electrons. The second kappa shape index (κ2) is 7.01. The van der Waals surface area contributed by atoms with Crippen molar-refractivity contribution in [3.05, 3.63) is 56.0 Å². The average molecular weight is 398 g/mol. The summed E-state index contributed by atoms with van der Waals surface area (Å²) in [6.07, 6.45) is 1.65. The van der Waals surface area contributed by atoms with Crippen molar-refractivity contribution < 1.29 is 0 Å². The topological polar surface area (TPSA) is 58.1 Å². The fourth-order valence-corrected chi connectivity index (χ4v) is 4.93. The molecule has 2 aromatic heterocycles. The number of hydrogen-bond donors (Lipinski definition) is 1. The molecule has 3 heterocycles. The number of nitrogens with zero attached hydrogens (tertiary/aromatic N) is 2. The van der Waals surface area contributed by atoms with E-state index in [1.165, 1.54) is 21.5 Å². The largest absolute Gasteiger partial charge is 0.329 e. The summed E-state index contributed by atoms with van der Waals surface area (Å²) >= 11 is 1.43. The highest BCUT2D eigenvalue weighted by atomic mass is 32.1. The average Bonchev–Trinajstić information content (AvgIpc) is 3.06. The summed E-state index contributed by atoms with van der Waals surface area (Å²) in [6, 6.07) is 8.37. The molecule has 0 amide bonds. The smallest absolute Gasteiger partial charge is 0.306 e. The second-order valence-electron chi connectivity index (χ2n) is 8.82. The van der Waals surface area contributed by atoms with E-state index in [1.54, 1.807) is 0 Å². The minimum atomic E-state index is -0.288. The first-order chi connectivity index (χ1) is 13.3. The first-order valence-corrected chi connectivity index (χ1v) is 10.7. The zero-order valence-electron chi connectivity index (χ0n) is 16.9. The van der Waals surface area contributed by atoms with Crippen molar-refractivity contribution >= 4 is 21.6 Å². The molecule has 1 aliphatic heterocycles. The normalized spacial score (nSPS) is 16.7. The van der Waals surface area contributed by atoms with E-state index in [9.17, 15) is 9.59 Å². The number of fused-ring (bicyclic) bond motifs is 1. The minimum absolute atomic E-state index is 0.0344. The fourth-order valence-electron chi connectivity index (χ4n) is 3.98. The third-order valence-electron chi connectivity index (χ3n) is 5.78. The molecule has 5 nitrogen and oxygen atoms in total. The van der Waals surface area contributed by atoms with Crippen LogP contribution in [0.2, 0.25) is 0 Å². The molecule has 0 saturated carbocycles. The Morgan fingerprint density at radius 3 is 2.32 bits per heavy atom. The van der Waals surface area contributed by atoms with Crippen LogP contribution in [-0.2, 0) is 5.41 Å². The zero-order valence-corrected chi connectivity index (χ0v) is 17.7. The highest BCUT2D eigenvalue weighted by Crippen LogP contribution is 2.32. The number of benzene rings is 1. The number of rotatable bonds is 2. The summed E-state index contributed by atoms with van der Waals surface area (Å²) < 4.78 is 1.45. The molecule has 1 aliphatic rings. The lowest BCUT2D eigenvalue weighted by Gasteiger charge is -2.29. The van der Waals surface area contributed by atoms with Gasteiger partial charge in [0.25, 0.3) is 5.56 Å². The van der Waals surface area contributed by atoms with Crippen LogP contribution in [0.1, 0.15) is 45.2 Å². The lowest BCUT2D eigenvalue weighted by Crippen LogP contribution is -2.42. The summed E-state index contributed by atoms with van der Waals surface area (Å²) in [5, 5.41) is 2.61. The van der Waals surface area contributed by atoms with E-state index >= 15 is 0 Å². The minimum Gasteiger partial charge on any atom is -0.306 e. The summed E-state index contributed by atoms with van der Waals surface area (Å²) in [5.41, 5.74) is 2.81. The Labute approximate surface area is 168 Å². The van der Waals surface area contributed by atoms with E-state index in [-0.39, 0.29) is 22.7 Å². The monoisotopic (exact) mass is 397 g/mol. The maximum absolute atomic E-state index is 13.3. The van der Waals surface area contributed by atoms with Gasteiger partial charge >= 0.3 is 5.69 Å². The molecule has 0 atom stereocenters. The molecule has 6 heteroatoms. The van der Waals surface area contributed by atoms with Crippen LogP contribution in [0, 0.1) is 0 Å². The van der Waals surface area contributed by atoms with Gasteiger partial charge in [-0.25, -0.2) is 4.79 Å². The molecule has 0 radical (unpaired) electrons. The van der Waals surface area contributed by atoms with Gasteiger partial charge in [-0.15, -0.1) is 11.3 Å². The van der Waals surface area contributed by atoms with Gasteiger partial charge in [0, 0.05) is 17.0 Å². The van der Waals surface area contributed by atoms with Gasteiger partial charge in [0.15, 0.2) is 0 Å². The standard InChI is InChI=1S/C22H27N3O2S/c1-22(2,3)15-7-5-14(6-8-15)17-13-28-19-18(17)20(26)25(21(27)23-19)16-9-11-24(4)12-10-16/h5-8,13,16H,9-12H2,1-4H3,(H,23,27). The maximum Gasteiger partial charge on any atom is 0.329 e. The van der Waals surface area contributed by atoms with Crippen molar-refractivity contribution in [3.8, 4) is 11.1 Å². The number of aromatic nitrogens is 2. The van der Waals surface area contributed by atoms with Crippen molar-refractivity contribution in [1.29, 1.82) is 0 Å². The van der Waals surface area contributed by atoms with Crippen LogP contribution in [-0.4, -0.2) is 34.6 Å². The molecule has 3 aromatic rings. The molecule has 1 aromatic carbocycles. The quantitative estimate of drug-likeness (QED) is 0.711. The Kier molecular flexibility index (Phi) is 4.79. The van der Waals surface area contributed by atoms with Crippen LogP contribution in [0.15, 0.2) is 39.2 Å². The van der Waals surface area contributed by atoms with Gasteiger partial charge in [0.05, 0.1) is 5.39 Å². The second-order valence-corrected chi connectivity index (χ2v) is 9.70. The molecule has 4 rings (SSSR count). The fraction of sp³-hybridized carbons (Fsp3) is 0.455. The molecule has 1 saturated heterocycles. The SMILES string of the molecule is CN1CCC(n2c(=O)[nH]c3scc(-c4ccc(C(C)(C)C)cc4)c3c2=O)CC1. The number of aromatic amines is 1. The highest BCUT2D eigenvalue weighted by molar-refractivity contribution is 7.17. The Morgan fingerprint density at radius 2 is 1.71 bits per heavy atom. The van der Waals surface area contributed by atoms with Gasteiger partial charge in [-0.05, 0) is 49.5 Å². The number of nitrogens with one attached hydrogen (secondary N) is 1. The molecular formula is C22H27N3O2S. The highest BCUT2D eigenvalue weighted by Gasteiger charge is 2.24. The van der Waals surface area contributed by atoms with Crippen LogP contribution >= 0.6 is 11.3 Å². The number of piperidine rings is 1. The van der Waals surface area contributed by atoms with E-state index in [0.29, 0.717) is 10.2 Å². The van der Waals surface area contributed by atoms with Crippen molar-refractivity contribution in [2.75, 3.05) is 20.1 Å². The van der Waals surface area contributed by atoms with Crippen LogP contribution in [0.3, 0.4) is 0 Å². The van der Waals surface area contributed by atoms with E-state index in [1.807, 2.05) is 5.38 Å². The van der Waals surface area contributed by atoms with Crippen molar-refractivity contribution in [1.82, 2.24) is 14.5 Å². The third kappa shape index (κ3) is 3.35. The van der Waals surface area contributed by atoms with Crippen LogP contribution in [0.25, 0.3) is 21.3 Å². The molecule has 0 spiro atoms. The van der Waals surface area contributed by atoms with E-state index in [4.69, 9.17) is 0 Å². The lowest BCUT2D eigenvalue weighted by atomic mass is 9.86. The van der Waals surface area contributed by atoms with Gasteiger partial charge < -0.3 is 4.90 Å². The van der Waals surface area contributed by atoms with Crippen molar-refractivity contribution in [2.24, 2.45) is 0 Å². The van der Waals surface area contributed by atoms with Gasteiger partial charge in [-0.3, -0.25) is 14.3 Å². The van der Waals surface area contributed by atoms with Gasteiger partial charge in [0.1, 0.15) is 4.83 Å². The molecular weight excluding hydrogens is 370 g/mol. The summed E-state index contributed by atoms with van der Waals surface area (Å²) in [7, 11) is 2.07. The predicted molar refractivity (Wildman–Crippen MR) is 117 cm³/mol. The van der Waals surface area contributed by atoms with E-state index in [0.717, 1.165) is 37.1 Å². The van der Waals surface area contributed by atoms with Crippen molar-refractivity contribution in [3.63, 3.8) is 0 Å². The number of thiophene rings is 1. The summed E-state index contributed by atoms with van der Waals surface area (Å²) in [4.78, 5) is 31.8. The number of H-pyrrole nitrogens is 1. The number of likely N-dealkylation sites (tertiary alicyclic amines) is 1. The van der Waals surface area contributed by atoms with Crippen LogP contribution in [0.4, 0.5) is 0 Å². The molecule has 1 fully saturated rings. The molecule has 28 heavy (non-hydrogen) atoms. The molecule has 0 aliphatic carbocycles. The van der Waals surface area contributed by atoms with Crippen molar-refractivity contribution in [2.45, 2.75) is 45.1 Å². The van der Waals surface area contributed by atoms with Gasteiger partial charge in [-0.1, -0.05) is 45.0 Å². The molecule has 0 unspecified atom stereocenters. The number of hydrogen-bond acceptors (Lipinski definition) is 4. The lowest BCUT2D eigenvalue weighted by molar-refractivity contribution is 0.216. The molecule has 1 N–H and O–H groups in total. The first-order valence-electron chi connectivity index (χ1n) is 9.81. The van der Waals surface area contributed by atoms with Crippen LogP contribution < -0.4 is 11.2 Å². The van der Waals surface area contributed by atoms with E-state index in [2.05, 4.69) is 62.0 Å². The van der Waals surface area contributed by atoms with E-state index < -0.39 is 0 Å². The maximum atomic E-state index is 13.3. The van der Waals surface area contributed by atoms with Gasteiger partial charge in [0.2, 0.25) is 0 Å². The van der Waals surface area contributed by atoms with Crippen LogP contribution in [0.5, 0.6) is 0 Å². The molecule has 0 bridgehead atoms. The predicted octanol–water partition coefficient (Wildman–Crippen LogP) is 3.98.